The van der Waals surface area contributed by atoms with Crippen molar-refractivity contribution in [3.63, 3.8) is 0 Å². The lowest BCUT2D eigenvalue weighted by Gasteiger charge is -2.08. The molecule has 1 heterocycles. The van der Waals surface area contributed by atoms with Gasteiger partial charge in [-0.15, -0.1) is 5.10 Å². The molecule has 0 aliphatic carbocycles. The second-order valence-electron chi connectivity index (χ2n) is 3.64. The van der Waals surface area contributed by atoms with E-state index in [4.69, 9.17) is 10.8 Å². The number of nitrogens with zero attached hydrogens (tertiary/aromatic N) is 3. The Morgan fingerprint density at radius 2 is 2.16 bits per heavy atom. The molecule has 19 heavy (non-hydrogen) atoms. The van der Waals surface area contributed by atoms with Crippen molar-refractivity contribution in [2.45, 2.75) is 25.7 Å². The molecule has 0 spiro atoms. The van der Waals surface area contributed by atoms with Crippen LogP contribution >= 0.6 is 0 Å². The summed E-state index contributed by atoms with van der Waals surface area (Å²) in [5, 5.41) is 15.8. The van der Waals surface area contributed by atoms with E-state index < -0.39 is 18.8 Å². The first-order valence-electron chi connectivity index (χ1n) is 5.35. The van der Waals surface area contributed by atoms with E-state index in [9.17, 15) is 18.0 Å². The Labute approximate surface area is 106 Å². The van der Waals surface area contributed by atoms with Crippen molar-refractivity contribution in [3.05, 3.63) is 11.4 Å². The van der Waals surface area contributed by atoms with Crippen LogP contribution in [0.3, 0.4) is 0 Å². The van der Waals surface area contributed by atoms with Crippen LogP contribution in [-0.2, 0) is 17.8 Å². The summed E-state index contributed by atoms with van der Waals surface area (Å²) in [6.45, 7) is -1.32. The molecule has 0 saturated heterocycles. The van der Waals surface area contributed by atoms with Gasteiger partial charge in [0.25, 0.3) is 0 Å². The van der Waals surface area contributed by atoms with Crippen LogP contribution in [-0.4, -0.2) is 45.5 Å². The highest BCUT2D eigenvalue weighted by molar-refractivity contribution is 5.86. The zero-order valence-electron chi connectivity index (χ0n) is 9.85. The summed E-state index contributed by atoms with van der Waals surface area (Å²) in [7, 11) is 0. The van der Waals surface area contributed by atoms with E-state index in [1.54, 1.807) is 0 Å². The van der Waals surface area contributed by atoms with Crippen LogP contribution in [0.5, 0.6) is 0 Å². The van der Waals surface area contributed by atoms with Gasteiger partial charge in [0.15, 0.2) is 5.69 Å². The number of aryl methyl sites for hydroxylation is 1. The summed E-state index contributed by atoms with van der Waals surface area (Å²) in [4.78, 5) is 10.8. The molecule has 0 unspecified atom stereocenters. The molecular weight excluding hydrogens is 269 g/mol. The summed E-state index contributed by atoms with van der Waals surface area (Å²) in [5.41, 5.74) is 5.35. The normalized spacial score (nSPS) is 11.8. The summed E-state index contributed by atoms with van der Waals surface area (Å²) in [6, 6.07) is 0. The fourth-order valence-corrected chi connectivity index (χ4v) is 1.38. The predicted octanol–water partition coefficient (Wildman–Crippen LogP) is 0.404. The van der Waals surface area contributed by atoms with Gasteiger partial charge in [0.05, 0.1) is 5.69 Å². The number of carboxylic acids is 1. The maximum atomic E-state index is 11.8. The minimum Gasteiger partial charge on any atom is -0.476 e. The zero-order chi connectivity index (χ0) is 14.5. The Morgan fingerprint density at radius 3 is 2.68 bits per heavy atom. The molecular formula is C9H13F3N4O3. The van der Waals surface area contributed by atoms with E-state index in [1.807, 2.05) is 0 Å². The molecule has 3 N–H and O–H groups in total. The third-order valence-corrected chi connectivity index (χ3v) is 2.16. The van der Waals surface area contributed by atoms with Crippen molar-refractivity contribution in [1.29, 1.82) is 0 Å². The van der Waals surface area contributed by atoms with Crippen molar-refractivity contribution in [3.8, 4) is 0 Å². The monoisotopic (exact) mass is 282 g/mol. The molecule has 7 nitrogen and oxygen atoms in total. The van der Waals surface area contributed by atoms with Crippen molar-refractivity contribution in [1.82, 2.24) is 15.0 Å². The molecule has 0 radical (unpaired) electrons. The van der Waals surface area contributed by atoms with Crippen LogP contribution in [0, 0.1) is 0 Å². The molecule has 0 aliphatic rings. The number of carboxylic acid groups (broad SMARTS) is 1. The minimum atomic E-state index is -4.36. The molecule has 0 aliphatic heterocycles. The maximum absolute atomic E-state index is 11.8. The smallest absolute Gasteiger partial charge is 0.411 e. The van der Waals surface area contributed by atoms with Gasteiger partial charge in [0, 0.05) is 19.7 Å². The van der Waals surface area contributed by atoms with Gasteiger partial charge in [0.2, 0.25) is 0 Å². The molecule has 0 saturated carbocycles. The van der Waals surface area contributed by atoms with E-state index in [0.717, 1.165) is 0 Å². The van der Waals surface area contributed by atoms with Crippen molar-refractivity contribution in [2.24, 2.45) is 5.73 Å². The molecule has 0 atom stereocenters. The number of carbonyl (C=O) groups is 1. The Kier molecular flexibility index (Phi) is 5.24. The fourth-order valence-electron chi connectivity index (χ4n) is 1.38. The lowest BCUT2D eigenvalue weighted by molar-refractivity contribution is -0.174. The van der Waals surface area contributed by atoms with Crippen LogP contribution in [0.2, 0.25) is 0 Å². The quantitative estimate of drug-likeness (QED) is 0.702. The van der Waals surface area contributed by atoms with E-state index >= 15 is 0 Å². The van der Waals surface area contributed by atoms with E-state index in [0.29, 0.717) is 0 Å². The lowest BCUT2D eigenvalue weighted by atomic mass is 10.3. The number of ether oxygens (including phenoxy) is 1. The first-order valence-corrected chi connectivity index (χ1v) is 5.35. The Morgan fingerprint density at radius 1 is 1.47 bits per heavy atom. The van der Waals surface area contributed by atoms with Crippen LogP contribution in [0.25, 0.3) is 0 Å². The largest absolute Gasteiger partial charge is 0.476 e. The molecule has 108 valence electrons. The molecule has 0 aromatic carbocycles. The Bertz CT molecular complexity index is 433. The highest BCUT2D eigenvalue weighted by atomic mass is 19.4. The van der Waals surface area contributed by atoms with Gasteiger partial charge in [0.1, 0.15) is 6.61 Å². The Balaban J connectivity index is 2.44. The van der Waals surface area contributed by atoms with E-state index in [1.165, 1.54) is 4.68 Å². The number of alkyl halides is 3. The number of aromatic carboxylic acids is 1. The summed E-state index contributed by atoms with van der Waals surface area (Å²) in [5.74, 6) is -1.25. The van der Waals surface area contributed by atoms with E-state index in [2.05, 4.69) is 15.0 Å². The fraction of sp³-hybridized carbons (Fsp3) is 0.667. The lowest BCUT2D eigenvalue weighted by Crippen LogP contribution is -2.18. The molecule has 0 fully saturated rings. The van der Waals surface area contributed by atoms with Crippen molar-refractivity contribution >= 4 is 5.97 Å². The minimum absolute atomic E-state index is 0.0714. The number of rotatable bonds is 7. The van der Waals surface area contributed by atoms with Crippen LogP contribution in [0.1, 0.15) is 22.6 Å². The third kappa shape index (κ3) is 4.83. The van der Waals surface area contributed by atoms with Gasteiger partial charge in [-0.25, -0.2) is 9.48 Å². The number of aromatic nitrogens is 3. The van der Waals surface area contributed by atoms with Crippen LogP contribution in [0.4, 0.5) is 13.2 Å². The molecule has 0 bridgehead atoms. The van der Waals surface area contributed by atoms with Crippen molar-refractivity contribution < 1.29 is 27.8 Å². The van der Waals surface area contributed by atoms with Crippen LogP contribution < -0.4 is 5.73 Å². The summed E-state index contributed by atoms with van der Waals surface area (Å²) < 4.78 is 41.0. The summed E-state index contributed by atoms with van der Waals surface area (Å²) in [6.07, 6.45) is -4.11. The topological polar surface area (TPSA) is 103 Å². The number of hydrogen-bond donors (Lipinski definition) is 2. The van der Waals surface area contributed by atoms with Crippen molar-refractivity contribution in [2.75, 3.05) is 13.2 Å². The van der Waals surface area contributed by atoms with Gasteiger partial charge in [-0.3, -0.25) is 0 Å². The Hall–Kier alpha value is -1.68. The predicted molar refractivity (Wildman–Crippen MR) is 56.4 cm³/mol. The standard InChI is InChI=1S/C9H13F3N4O3/c10-9(11,12)5-19-3-1-2-16-6(4-13)7(8(17)18)14-15-16/h1-5,13H2,(H,17,18). The van der Waals surface area contributed by atoms with Gasteiger partial charge < -0.3 is 15.6 Å². The van der Waals surface area contributed by atoms with E-state index in [-0.39, 0.29) is 37.5 Å². The van der Waals surface area contributed by atoms with Gasteiger partial charge in [-0.2, -0.15) is 13.2 Å². The molecule has 1 aromatic rings. The molecule has 1 rings (SSSR count). The summed E-state index contributed by atoms with van der Waals surface area (Å²) >= 11 is 0. The maximum Gasteiger partial charge on any atom is 0.411 e. The molecule has 0 amide bonds. The SMILES string of the molecule is NCc1c(C(=O)O)nnn1CCCOCC(F)(F)F. The van der Waals surface area contributed by atoms with Gasteiger partial charge in [-0.1, -0.05) is 5.21 Å². The third-order valence-electron chi connectivity index (χ3n) is 2.16. The average molecular weight is 282 g/mol. The first-order chi connectivity index (χ1) is 8.85. The first kappa shape index (κ1) is 15.4. The zero-order valence-corrected chi connectivity index (χ0v) is 9.85. The average Bonchev–Trinajstić information content (AvgIpc) is 2.70. The number of halogens is 3. The number of hydrogen-bond acceptors (Lipinski definition) is 5. The number of nitrogens with two attached hydrogens (primary N) is 1. The molecule has 10 heteroatoms. The van der Waals surface area contributed by atoms with Gasteiger partial charge in [-0.05, 0) is 6.42 Å². The second-order valence-corrected chi connectivity index (χ2v) is 3.64. The highest BCUT2D eigenvalue weighted by Crippen LogP contribution is 2.14. The highest BCUT2D eigenvalue weighted by Gasteiger charge is 2.27. The van der Waals surface area contributed by atoms with Crippen LogP contribution in [0.15, 0.2) is 0 Å². The second kappa shape index (κ2) is 6.48. The van der Waals surface area contributed by atoms with Gasteiger partial charge >= 0.3 is 12.1 Å². The molecule has 1 aromatic heterocycles.